The molecule has 0 spiro atoms. The number of nitrogens with zero attached hydrogens (tertiary/aromatic N) is 3. The number of fused-ring (bicyclic) bond motifs is 3. The molecule has 39 heavy (non-hydrogen) atoms. The molecular formula is C30H33N3O5S. The van der Waals surface area contributed by atoms with Gasteiger partial charge in [0.05, 0.1) is 41.9 Å². The fourth-order valence-corrected chi connectivity index (χ4v) is 6.04. The van der Waals surface area contributed by atoms with E-state index in [0.29, 0.717) is 5.56 Å². The van der Waals surface area contributed by atoms with Gasteiger partial charge in [-0.1, -0.05) is 55.5 Å². The Hall–Kier alpha value is -3.55. The van der Waals surface area contributed by atoms with E-state index in [0.717, 1.165) is 16.7 Å². The van der Waals surface area contributed by atoms with E-state index in [2.05, 4.69) is 0 Å². The molecule has 4 rings (SSSR count). The molecule has 8 nitrogen and oxygen atoms in total. The third-order valence-electron chi connectivity index (χ3n) is 7.20. The maximum absolute atomic E-state index is 13.9. The zero-order valence-corrected chi connectivity index (χ0v) is 23.1. The van der Waals surface area contributed by atoms with E-state index in [1.807, 2.05) is 55.5 Å². The third kappa shape index (κ3) is 6.05. The van der Waals surface area contributed by atoms with Gasteiger partial charge in [0.15, 0.2) is 0 Å². The Morgan fingerprint density at radius 2 is 1.74 bits per heavy atom. The van der Waals surface area contributed by atoms with Gasteiger partial charge < -0.3 is 14.7 Å². The molecule has 0 unspecified atom stereocenters. The highest BCUT2D eigenvalue weighted by Gasteiger charge is 2.32. The second-order valence-electron chi connectivity index (χ2n) is 9.94. The highest BCUT2D eigenvalue weighted by molar-refractivity contribution is 7.89. The van der Waals surface area contributed by atoms with Crippen molar-refractivity contribution in [3.05, 3.63) is 89.5 Å². The molecule has 0 aromatic heterocycles. The molecule has 0 radical (unpaired) electrons. The van der Waals surface area contributed by atoms with E-state index in [1.165, 1.54) is 23.5 Å². The van der Waals surface area contributed by atoms with Crippen molar-refractivity contribution in [2.75, 3.05) is 26.7 Å². The first-order valence-corrected chi connectivity index (χ1v) is 14.3. The van der Waals surface area contributed by atoms with Gasteiger partial charge in [-0.2, -0.15) is 9.57 Å². The molecule has 0 saturated carbocycles. The van der Waals surface area contributed by atoms with Crippen LogP contribution in [0.1, 0.15) is 35.3 Å². The lowest BCUT2D eigenvalue weighted by molar-refractivity contribution is -0.0146. The van der Waals surface area contributed by atoms with Crippen LogP contribution in [-0.2, 0) is 21.4 Å². The summed E-state index contributed by atoms with van der Waals surface area (Å²) < 4.78 is 34.4. The van der Waals surface area contributed by atoms with Crippen molar-refractivity contribution in [1.82, 2.24) is 9.21 Å². The van der Waals surface area contributed by atoms with Crippen molar-refractivity contribution in [3.8, 4) is 17.2 Å². The molecule has 1 amide bonds. The molecule has 3 aromatic carbocycles. The standard InChI is InChI=1S/C30H33N3O5S/c1-21-17-33(22(2)19-34)30(35)28-14-7-6-13-27(28)26-12-5-4-10-24(26)20-38-29(21)18-32(3)39(36,37)25-11-8-9-23(15-25)16-31/h4-15,21-22,29,34H,17-20H2,1-3H3/t21-,22+,29+/m1/s1. The van der Waals surface area contributed by atoms with E-state index in [4.69, 9.17) is 4.74 Å². The van der Waals surface area contributed by atoms with Crippen LogP contribution in [0.25, 0.3) is 11.1 Å². The minimum absolute atomic E-state index is 0.0277. The molecule has 204 valence electrons. The van der Waals surface area contributed by atoms with Gasteiger partial charge in [0.1, 0.15) is 0 Å². The number of rotatable bonds is 6. The first kappa shape index (κ1) is 28.5. The van der Waals surface area contributed by atoms with Gasteiger partial charge in [-0.3, -0.25) is 4.79 Å². The molecule has 1 heterocycles. The fourth-order valence-electron chi connectivity index (χ4n) is 4.81. The lowest BCUT2D eigenvalue weighted by Gasteiger charge is -2.35. The summed E-state index contributed by atoms with van der Waals surface area (Å²) in [6.45, 7) is 4.00. The van der Waals surface area contributed by atoms with Crippen molar-refractivity contribution >= 4 is 15.9 Å². The summed E-state index contributed by atoms with van der Waals surface area (Å²) >= 11 is 0. The Kier molecular flexibility index (Phi) is 8.83. The molecule has 1 aliphatic rings. The van der Waals surface area contributed by atoms with Crippen molar-refractivity contribution in [1.29, 1.82) is 5.26 Å². The highest BCUT2D eigenvalue weighted by Crippen LogP contribution is 2.31. The number of amides is 1. The van der Waals surface area contributed by atoms with Crippen LogP contribution in [0.3, 0.4) is 0 Å². The maximum Gasteiger partial charge on any atom is 0.254 e. The van der Waals surface area contributed by atoms with Gasteiger partial charge in [0.2, 0.25) is 10.0 Å². The Balaban J connectivity index is 1.73. The van der Waals surface area contributed by atoms with Gasteiger partial charge in [-0.15, -0.1) is 0 Å². The number of aliphatic hydroxyl groups is 1. The van der Waals surface area contributed by atoms with Crippen LogP contribution in [-0.4, -0.2) is 67.5 Å². The molecule has 3 aromatic rings. The quantitative estimate of drug-likeness (QED) is 0.501. The van der Waals surface area contributed by atoms with Crippen LogP contribution >= 0.6 is 0 Å². The van der Waals surface area contributed by atoms with Crippen LogP contribution in [0.2, 0.25) is 0 Å². The number of aliphatic hydroxyl groups excluding tert-OH is 1. The average molecular weight is 548 g/mol. The number of benzene rings is 3. The molecule has 0 bridgehead atoms. The normalized spacial score (nSPS) is 19.0. The summed E-state index contributed by atoms with van der Waals surface area (Å²) in [6, 6.07) is 22.5. The number of sulfonamides is 1. The monoisotopic (exact) mass is 547 g/mol. The number of hydrogen-bond acceptors (Lipinski definition) is 6. The first-order valence-electron chi connectivity index (χ1n) is 12.8. The highest BCUT2D eigenvalue weighted by atomic mass is 32.2. The van der Waals surface area contributed by atoms with Gasteiger partial charge in [-0.05, 0) is 47.9 Å². The second-order valence-corrected chi connectivity index (χ2v) is 12.0. The number of carbonyl (C=O) groups excluding carboxylic acids is 1. The zero-order valence-electron chi connectivity index (χ0n) is 22.3. The Bertz CT molecular complexity index is 1480. The lowest BCUT2D eigenvalue weighted by Crippen LogP contribution is -2.47. The molecular weight excluding hydrogens is 514 g/mol. The van der Waals surface area contributed by atoms with Crippen molar-refractivity contribution in [3.63, 3.8) is 0 Å². The average Bonchev–Trinajstić information content (AvgIpc) is 2.98. The number of nitriles is 1. The lowest BCUT2D eigenvalue weighted by atomic mass is 9.94. The number of likely N-dealkylation sites (N-methyl/N-ethyl adjacent to an activating group) is 1. The third-order valence-corrected chi connectivity index (χ3v) is 9.02. The summed E-state index contributed by atoms with van der Waals surface area (Å²) in [5, 5.41) is 19.2. The van der Waals surface area contributed by atoms with Crippen molar-refractivity contribution in [2.45, 2.75) is 37.5 Å². The topological polar surface area (TPSA) is 111 Å². The smallest absolute Gasteiger partial charge is 0.254 e. The van der Waals surface area contributed by atoms with E-state index < -0.39 is 22.2 Å². The zero-order chi connectivity index (χ0) is 28.2. The summed E-state index contributed by atoms with van der Waals surface area (Å²) in [6.07, 6.45) is -0.570. The number of ether oxygens (including phenoxy) is 1. The molecule has 3 atom stereocenters. The van der Waals surface area contributed by atoms with Crippen molar-refractivity contribution < 1.29 is 23.1 Å². The predicted molar refractivity (Wildman–Crippen MR) is 148 cm³/mol. The Morgan fingerprint density at radius 3 is 2.44 bits per heavy atom. The molecule has 1 aliphatic heterocycles. The Labute approximate surface area is 230 Å². The van der Waals surface area contributed by atoms with Crippen LogP contribution in [0, 0.1) is 17.2 Å². The van der Waals surface area contributed by atoms with Gasteiger partial charge in [-0.25, -0.2) is 8.42 Å². The SMILES string of the molecule is C[C@@H]1CN([C@@H](C)CO)C(=O)c2ccccc2-c2ccccc2CO[C@H]1CN(C)S(=O)(=O)c1cccc(C#N)c1. The molecule has 0 saturated heterocycles. The van der Waals surface area contributed by atoms with Crippen molar-refractivity contribution in [2.24, 2.45) is 5.92 Å². The van der Waals surface area contributed by atoms with E-state index in [-0.39, 0.29) is 48.6 Å². The number of carbonyl (C=O) groups is 1. The Morgan fingerprint density at radius 1 is 1.08 bits per heavy atom. The minimum Gasteiger partial charge on any atom is -0.394 e. The first-order chi connectivity index (χ1) is 18.7. The van der Waals surface area contributed by atoms with Crippen LogP contribution < -0.4 is 0 Å². The molecule has 9 heteroatoms. The summed E-state index contributed by atoms with van der Waals surface area (Å²) in [5.74, 6) is -0.479. The van der Waals surface area contributed by atoms with Crippen LogP contribution in [0.15, 0.2) is 77.7 Å². The van der Waals surface area contributed by atoms with Gasteiger partial charge >= 0.3 is 0 Å². The fraction of sp³-hybridized carbons (Fsp3) is 0.333. The van der Waals surface area contributed by atoms with Crippen LogP contribution in [0.5, 0.6) is 0 Å². The van der Waals surface area contributed by atoms with E-state index >= 15 is 0 Å². The second kappa shape index (κ2) is 12.1. The predicted octanol–water partition coefficient (Wildman–Crippen LogP) is 3.90. The maximum atomic E-state index is 13.9. The van der Waals surface area contributed by atoms with E-state index in [1.54, 1.807) is 30.0 Å². The van der Waals surface area contributed by atoms with E-state index in [9.17, 15) is 23.6 Å². The summed E-state index contributed by atoms with van der Waals surface area (Å²) in [5.41, 5.74) is 3.31. The molecule has 0 aliphatic carbocycles. The van der Waals surface area contributed by atoms with Crippen LogP contribution in [0.4, 0.5) is 0 Å². The molecule has 1 N–H and O–H groups in total. The van der Waals surface area contributed by atoms with Gasteiger partial charge in [0, 0.05) is 31.6 Å². The number of hydrogen-bond donors (Lipinski definition) is 1. The summed E-state index contributed by atoms with van der Waals surface area (Å²) in [4.78, 5) is 15.6. The van der Waals surface area contributed by atoms with Gasteiger partial charge in [0.25, 0.3) is 5.91 Å². The molecule has 0 fully saturated rings. The largest absolute Gasteiger partial charge is 0.394 e. The summed E-state index contributed by atoms with van der Waals surface area (Å²) in [7, 11) is -2.42. The minimum atomic E-state index is -3.91.